The first kappa shape index (κ1) is 9.06. The Morgan fingerprint density at radius 1 is 1.36 bits per heavy atom. The SMILES string of the molecule is [N-]=[N+]=Cc1ccnc2cccc(Br)c12. The molecule has 68 valence electrons. The lowest BCUT2D eigenvalue weighted by molar-refractivity contribution is 0.00466. The lowest BCUT2D eigenvalue weighted by Gasteiger charge is -2.00. The molecule has 0 aliphatic heterocycles. The normalized spacial score (nSPS) is 9.79. The molecule has 0 spiro atoms. The van der Waals surface area contributed by atoms with E-state index in [9.17, 15) is 0 Å². The summed E-state index contributed by atoms with van der Waals surface area (Å²) in [5.74, 6) is 0. The molecule has 0 aliphatic rings. The molecule has 0 amide bonds. The lowest BCUT2D eigenvalue weighted by atomic mass is 10.1. The van der Waals surface area contributed by atoms with Crippen LogP contribution in [0.5, 0.6) is 0 Å². The molecular formula is C10H6BrN3. The minimum absolute atomic E-state index is 0.838. The van der Waals surface area contributed by atoms with Gasteiger partial charge in [0.15, 0.2) is 0 Å². The van der Waals surface area contributed by atoms with E-state index in [-0.39, 0.29) is 0 Å². The Hall–Kier alpha value is -1.51. The van der Waals surface area contributed by atoms with Crippen molar-refractivity contribution in [1.82, 2.24) is 4.98 Å². The average molecular weight is 248 g/mol. The second-order valence-corrected chi connectivity index (χ2v) is 3.63. The molecular weight excluding hydrogens is 242 g/mol. The van der Waals surface area contributed by atoms with E-state index in [0.717, 1.165) is 20.9 Å². The summed E-state index contributed by atoms with van der Waals surface area (Å²) in [5, 5.41) is 0.952. The van der Waals surface area contributed by atoms with Gasteiger partial charge in [0.25, 0.3) is 6.21 Å². The van der Waals surface area contributed by atoms with Crippen molar-refractivity contribution in [2.45, 2.75) is 0 Å². The van der Waals surface area contributed by atoms with Gasteiger partial charge < -0.3 is 5.53 Å². The second-order valence-electron chi connectivity index (χ2n) is 2.78. The van der Waals surface area contributed by atoms with Gasteiger partial charge in [-0.1, -0.05) is 22.0 Å². The van der Waals surface area contributed by atoms with Gasteiger partial charge >= 0.3 is 0 Å². The second kappa shape index (κ2) is 3.70. The molecule has 0 unspecified atom stereocenters. The van der Waals surface area contributed by atoms with Crippen molar-refractivity contribution in [2.24, 2.45) is 0 Å². The summed E-state index contributed by atoms with van der Waals surface area (Å²) in [6, 6.07) is 7.56. The Bertz CT molecular complexity index is 525. The van der Waals surface area contributed by atoms with Crippen LogP contribution in [0.2, 0.25) is 0 Å². The minimum atomic E-state index is 0.838. The van der Waals surface area contributed by atoms with Crippen LogP contribution in [0, 0.1) is 0 Å². The maximum absolute atomic E-state index is 8.50. The van der Waals surface area contributed by atoms with Crippen LogP contribution in [0.15, 0.2) is 34.9 Å². The quantitative estimate of drug-likeness (QED) is 0.434. The molecule has 4 heteroatoms. The van der Waals surface area contributed by atoms with Crippen LogP contribution in [-0.2, 0) is 0 Å². The van der Waals surface area contributed by atoms with Gasteiger partial charge in [-0.05, 0) is 18.2 Å². The molecule has 0 fully saturated rings. The number of benzene rings is 1. The summed E-state index contributed by atoms with van der Waals surface area (Å²) in [4.78, 5) is 7.24. The summed E-state index contributed by atoms with van der Waals surface area (Å²) in [7, 11) is 0. The lowest BCUT2D eigenvalue weighted by Crippen LogP contribution is -1.88. The number of nitrogens with zero attached hydrogens (tertiary/aromatic N) is 3. The molecule has 2 aromatic rings. The van der Waals surface area contributed by atoms with Crippen LogP contribution in [0.25, 0.3) is 16.4 Å². The average Bonchev–Trinajstić information content (AvgIpc) is 2.19. The van der Waals surface area contributed by atoms with Crippen LogP contribution in [0.1, 0.15) is 5.56 Å². The minimum Gasteiger partial charge on any atom is -0.361 e. The van der Waals surface area contributed by atoms with E-state index in [4.69, 9.17) is 5.53 Å². The number of hydrogen-bond acceptors (Lipinski definition) is 1. The molecule has 2 rings (SSSR count). The predicted molar refractivity (Wildman–Crippen MR) is 58.2 cm³/mol. The molecule has 14 heavy (non-hydrogen) atoms. The molecule has 0 aliphatic carbocycles. The highest BCUT2D eigenvalue weighted by Gasteiger charge is 2.05. The maximum atomic E-state index is 8.50. The van der Waals surface area contributed by atoms with Crippen LogP contribution < -0.4 is 0 Å². The largest absolute Gasteiger partial charge is 0.361 e. The molecule has 1 aromatic heterocycles. The third-order valence-electron chi connectivity index (χ3n) is 1.94. The fraction of sp³-hybridized carbons (Fsp3) is 0. The van der Waals surface area contributed by atoms with E-state index in [2.05, 4.69) is 25.7 Å². The molecule has 1 heterocycles. The molecule has 3 nitrogen and oxygen atoms in total. The molecule has 0 saturated carbocycles. The Labute approximate surface area is 89.1 Å². The van der Waals surface area contributed by atoms with Crippen molar-refractivity contribution in [3.63, 3.8) is 0 Å². The van der Waals surface area contributed by atoms with Crippen molar-refractivity contribution in [1.29, 1.82) is 0 Å². The highest BCUT2D eigenvalue weighted by atomic mass is 79.9. The summed E-state index contributed by atoms with van der Waals surface area (Å²) < 4.78 is 0.943. The molecule has 0 N–H and O–H groups in total. The van der Waals surface area contributed by atoms with Gasteiger partial charge in [-0.15, -0.1) is 0 Å². The highest BCUT2D eigenvalue weighted by Crippen LogP contribution is 2.24. The van der Waals surface area contributed by atoms with Gasteiger partial charge in [0, 0.05) is 16.1 Å². The summed E-state index contributed by atoms with van der Waals surface area (Å²) in [6.45, 7) is 0. The van der Waals surface area contributed by atoms with E-state index in [0.29, 0.717) is 0 Å². The van der Waals surface area contributed by atoms with E-state index in [1.807, 2.05) is 18.2 Å². The molecule has 0 radical (unpaired) electrons. The zero-order valence-electron chi connectivity index (χ0n) is 7.18. The molecule has 0 bridgehead atoms. The third-order valence-corrected chi connectivity index (χ3v) is 2.61. The van der Waals surface area contributed by atoms with E-state index < -0.39 is 0 Å². The van der Waals surface area contributed by atoms with Crippen LogP contribution in [-0.4, -0.2) is 16.0 Å². The van der Waals surface area contributed by atoms with E-state index >= 15 is 0 Å². The summed E-state index contributed by atoms with van der Waals surface area (Å²) in [5.41, 5.74) is 10.2. The Balaban J connectivity index is 2.90. The van der Waals surface area contributed by atoms with Crippen molar-refractivity contribution in [3.8, 4) is 0 Å². The van der Waals surface area contributed by atoms with Crippen LogP contribution in [0.4, 0.5) is 0 Å². The van der Waals surface area contributed by atoms with Crippen molar-refractivity contribution in [3.05, 3.63) is 46.0 Å². The van der Waals surface area contributed by atoms with E-state index in [1.54, 1.807) is 12.3 Å². The fourth-order valence-electron chi connectivity index (χ4n) is 1.36. The smallest absolute Gasteiger partial charge is 0.288 e. The first-order chi connectivity index (χ1) is 6.83. The van der Waals surface area contributed by atoms with Crippen molar-refractivity contribution < 1.29 is 4.79 Å². The molecule has 0 atom stereocenters. The molecule has 1 aromatic carbocycles. The number of halogens is 1. The maximum Gasteiger partial charge on any atom is 0.288 e. The zero-order chi connectivity index (χ0) is 9.97. The van der Waals surface area contributed by atoms with E-state index in [1.165, 1.54) is 6.21 Å². The summed E-state index contributed by atoms with van der Waals surface area (Å²) in [6.07, 6.45) is 3.08. The van der Waals surface area contributed by atoms with Crippen LogP contribution in [0.3, 0.4) is 0 Å². The first-order valence-electron chi connectivity index (χ1n) is 4.03. The van der Waals surface area contributed by atoms with Crippen molar-refractivity contribution >= 4 is 33.0 Å². The van der Waals surface area contributed by atoms with Gasteiger partial charge in [0.05, 0.1) is 11.1 Å². The fourth-order valence-corrected chi connectivity index (χ4v) is 1.94. The third kappa shape index (κ3) is 1.45. The standard InChI is InChI=1S/C10H6BrN3/c11-8-2-1-3-9-10(8)7(6-14-12)4-5-13-9/h1-6H. The topological polar surface area (TPSA) is 49.3 Å². The Kier molecular flexibility index (Phi) is 2.39. The number of fused-ring (bicyclic) bond motifs is 1. The molecule has 0 saturated heterocycles. The number of hydrogen-bond donors (Lipinski definition) is 0. The van der Waals surface area contributed by atoms with Gasteiger partial charge in [-0.3, -0.25) is 4.98 Å². The van der Waals surface area contributed by atoms with Crippen LogP contribution >= 0.6 is 15.9 Å². The number of pyridine rings is 1. The number of aromatic nitrogens is 1. The van der Waals surface area contributed by atoms with Crippen molar-refractivity contribution in [2.75, 3.05) is 0 Å². The van der Waals surface area contributed by atoms with Gasteiger partial charge in [-0.2, -0.15) is 4.79 Å². The van der Waals surface area contributed by atoms with Gasteiger partial charge in [0.2, 0.25) is 0 Å². The predicted octanol–water partition coefficient (Wildman–Crippen LogP) is 2.65. The monoisotopic (exact) mass is 247 g/mol. The zero-order valence-corrected chi connectivity index (χ0v) is 8.77. The van der Waals surface area contributed by atoms with Gasteiger partial charge in [0.1, 0.15) is 0 Å². The Morgan fingerprint density at radius 2 is 2.21 bits per heavy atom. The van der Waals surface area contributed by atoms with Gasteiger partial charge in [-0.25, -0.2) is 0 Å². The first-order valence-corrected chi connectivity index (χ1v) is 4.83. The highest BCUT2D eigenvalue weighted by molar-refractivity contribution is 9.10. The summed E-state index contributed by atoms with van der Waals surface area (Å²) >= 11 is 3.43. The number of rotatable bonds is 1. The Morgan fingerprint density at radius 3 is 3.00 bits per heavy atom.